The molecule has 0 radical (unpaired) electrons. The van der Waals surface area contributed by atoms with E-state index in [9.17, 15) is 0 Å². The average molecular weight is 537 g/mol. The number of fused-ring (bicyclic) bond motifs is 6. The molecule has 4 aromatic rings. The molecule has 2 aliphatic carbocycles. The van der Waals surface area contributed by atoms with Gasteiger partial charge in [0, 0.05) is 20.1 Å². The van der Waals surface area contributed by atoms with E-state index in [1.54, 1.807) is 0 Å². The Morgan fingerprint density at radius 1 is 0.375 bits per heavy atom. The SMILES string of the molecule is Clc1ccc2c(c1)C(Cl)(C1(Cl)c3cc(Cl)ccc3-c3ccc(Cl)cc31)c1cc(Cl)ccc1-2. The van der Waals surface area contributed by atoms with Crippen LogP contribution in [0.1, 0.15) is 22.3 Å². The van der Waals surface area contributed by atoms with E-state index >= 15 is 0 Å². The highest BCUT2D eigenvalue weighted by Crippen LogP contribution is 2.69. The third-order valence-corrected chi connectivity index (χ3v) is 8.88. The number of halogens is 6. The van der Waals surface area contributed by atoms with Gasteiger partial charge in [0.25, 0.3) is 0 Å². The van der Waals surface area contributed by atoms with E-state index in [4.69, 9.17) is 69.6 Å². The van der Waals surface area contributed by atoms with Crippen molar-refractivity contribution >= 4 is 69.6 Å². The van der Waals surface area contributed by atoms with Crippen LogP contribution < -0.4 is 0 Å². The van der Waals surface area contributed by atoms with Crippen molar-refractivity contribution in [3.05, 3.63) is 115 Å². The van der Waals surface area contributed by atoms with E-state index in [2.05, 4.69) is 0 Å². The van der Waals surface area contributed by atoms with Gasteiger partial charge in [-0.1, -0.05) is 70.7 Å². The number of rotatable bonds is 1. The first-order chi connectivity index (χ1) is 15.2. The van der Waals surface area contributed by atoms with Crippen LogP contribution in [-0.2, 0) is 9.75 Å². The Bertz CT molecular complexity index is 1240. The van der Waals surface area contributed by atoms with Crippen molar-refractivity contribution in [3.8, 4) is 22.3 Å². The molecule has 0 nitrogen and oxygen atoms in total. The van der Waals surface area contributed by atoms with Crippen LogP contribution in [0.15, 0.2) is 72.8 Å². The molecular weight excluding hydrogens is 525 g/mol. The Labute approximate surface area is 215 Å². The van der Waals surface area contributed by atoms with Crippen molar-refractivity contribution in [2.45, 2.75) is 9.75 Å². The third-order valence-electron chi connectivity index (χ3n) is 6.47. The first-order valence-corrected chi connectivity index (χ1v) is 12.1. The minimum atomic E-state index is -1.22. The van der Waals surface area contributed by atoms with E-state index in [1.165, 1.54) is 0 Å². The molecule has 2 aliphatic rings. The average Bonchev–Trinajstić information content (AvgIpc) is 3.16. The quantitative estimate of drug-likeness (QED) is 0.212. The van der Waals surface area contributed by atoms with Crippen molar-refractivity contribution in [2.75, 3.05) is 0 Å². The molecule has 0 saturated heterocycles. The number of benzene rings is 4. The van der Waals surface area contributed by atoms with Gasteiger partial charge in [-0.05, 0) is 93.0 Å². The number of hydrogen-bond donors (Lipinski definition) is 0. The van der Waals surface area contributed by atoms with E-state index < -0.39 is 9.75 Å². The fourth-order valence-corrected chi connectivity index (χ4v) is 6.90. The van der Waals surface area contributed by atoms with Gasteiger partial charge in [0.1, 0.15) is 9.75 Å². The van der Waals surface area contributed by atoms with Crippen LogP contribution in [0.3, 0.4) is 0 Å². The minimum absolute atomic E-state index is 0.573. The second kappa shape index (κ2) is 7.06. The van der Waals surface area contributed by atoms with Gasteiger partial charge in [0.2, 0.25) is 0 Å². The molecule has 0 amide bonds. The van der Waals surface area contributed by atoms with E-state index in [0.717, 1.165) is 44.5 Å². The molecule has 0 heterocycles. The lowest BCUT2D eigenvalue weighted by Gasteiger charge is -2.40. The summed E-state index contributed by atoms with van der Waals surface area (Å²) in [5, 5.41) is 2.29. The van der Waals surface area contributed by atoms with Crippen molar-refractivity contribution < 1.29 is 0 Å². The zero-order valence-corrected chi connectivity index (χ0v) is 20.7. The molecule has 4 aromatic carbocycles. The lowest BCUT2D eigenvalue weighted by atomic mass is 9.76. The van der Waals surface area contributed by atoms with Crippen LogP contribution in [0.25, 0.3) is 22.3 Å². The van der Waals surface area contributed by atoms with Crippen LogP contribution >= 0.6 is 69.6 Å². The van der Waals surface area contributed by atoms with Crippen molar-refractivity contribution in [1.29, 1.82) is 0 Å². The molecule has 0 fully saturated rings. The number of hydrogen-bond acceptors (Lipinski definition) is 0. The van der Waals surface area contributed by atoms with Crippen molar-refractivity contribution in [1.82, 2.24) is 0 Å². The topological polar surface area (TPSA) is 0 Å². The maximum Gasteiger partial charge on any atom is 0.123 e. The van der Waals surface area contributed by atoms with Crippen LogP contribution in [-0.4, -0.2) is 0 Å². The highest BCUT2D eigenvalue weighted by Gasteiger charge is 2.61. The largest absolute Gasteiger partial charge is 0.123 e. The second-order valence-corrected chi connectivity index (χ2v) is 11.0. The van der Waals surface area contributed by atoms with Crippen LogP contribution in [0.2, 0.25) is 20.1 Å². The fourth-order valence-electron chi connectivity index (χ4n) is 5.18. The van der Waals surface area contributed by atoms with Gasteiger partial charge in [0.05, 0.1) is 0 Å². The highest BCUT2D eigenvalue weighted by atomic mass is 35.5. The first-order valence-electron chi connectivity index (χ1n) is 9.84. The number of alkyl halides is 2. The van der Waals surface area contributed by atoms with Gasteiger partial charge in [0.15, 0.2) is 0 Å². The molecule has 6 heteroatoms. The molecule has 0 aliphatic heterocycles. The summed E-state index contributed by atoms with van der Waals surface area (Å²) >= 11 is 41.3. The molecule has 0 bridgehead atoms. The predicted octanol–water partition coefficient (Wildman–Crippen LogP) is 9.93. The Balaban J connectivity index is 1.79. The summed E-state index contributed by atoms with van der Waals surface area (Å²) in [5.41, 5.74) is 7.14. The van der Waals surface area contributed by atoms with Gasteiger partial charge in [-0.15, -0.1) is 23.2 Å². The Kier molecular flexibility index (Phi) is 4.67. The van der Waals surface area contributed by atoms with Crippen LogP contribution in [0, 0.1) is 0 Å². The third kappa shape index (κ3) is 2.60. The lowest BCUT2D eigenvalue weighted by Crippen LogP contribution is -2.40. The van der Waals surface area contributed by atoms with Crippen molar-refractivity contribution in [2.24, 2.45) is 0 Å². The zero-order valence-electron chi connectivity index (χ0n) is 16.2. The van der Waals surface area contributed by atoms with Crippen LogP contribution in [0.5, 0.6) is 0 Å². The zero-order chi connectivity index (χ0) is 22.4. The molecule has 0 saturated carbocycles. The summed E-state index contributed by atoms with van der Waals surface area (Å²) in [6.07, 6.45) is 0. The molecule has 0 unspecified atom stereocenters. The summed E-state index contributed by atoms with van der Waals surface area (Å²) in [6, 6.07) is 22.8. The lowest BCUT2D eigenvalue weighted by molar-refractivity contribution is 0.585. The summed E-state index contributed by atoms with van der Waals surface area (Å²) in [5.74, 6) is 0. The van der Waals surface area contributed by atoms with E-state index in [0.29, 0.717) is 20.1 Å². The smallest absolute Gasteiger partial charge is 0.106 e. The second-order valence-electron chi connectivity index (χ2n) is 8.08. The molecule has 0 spiro atoms. The Hall–Kier alpha value is -1.38. The maximum atomic E-state index is 7.75. The van der Waals surface area contributed by atoms with Crippen LogP contribution in [0.4, 0.5) is 0 Å². The van der Waals surface area contributed by atoms with Gasteiger partial charge >= 0.3 is 0 Å². The molecule has 6 rings (SSSR count). The molecule has 0 N–H and O–H groups in total. The van der Waals surface area contributed by atoms with E-state index in [-0.39, 0.29) is 0 Å². The summed E-state index contributed by atoms with van der Waals surface area (Å²) in [7, 11) is 0. The maximum absolute atomic E-state index is 7.75. The molecule has 32 heavy (non-hydrogen) atoms. The fraction of sp³-hybridized carbons (Fsp3) is 0.0769. The van der Waals surface area contributed by atoms with Gasteiger partial charge in [-0.25, -0.2) is 0 Å². The summed E-state index contributed by atoms with van der Waals surface area (Å²) in [4.78, 5) is -2.44. The molecular formula is C26H12Cl6. The Morgan fingerprint density at radius 2 is 0.594 bits per heavy atom. The van der Waals surface area contributed by atoms with Gasteiger partial charge < -0.3 is 0 Å². The normalized spacial score (nSPS) is 16.3. The predicted molar refractivity (Wildman–Crippen MR) is 137 cm³/mol. The highest BCUT2D eigenvalue weighted by molar-refractivity contribution is 6.41. The molecule has 0 aromatic heterocycles. The monoisotopic (exact) mass is 534 g/mol. The summed E-state index contributed by atoms with van der Waals surface area (Å²) in [6.45, 7) is 0. The molecule has 0 atom stereocenters. The van der Waals surface area contributed by atoms with Gasteiger partial charge in [-0.3, -0.25) is 0 Å². The van der Waals surface area contributed by atoms with Crippen molar-refractivity contribution in [3.63, 3.8) is 0 Å². The van der Waals surface area contributed by atoms with Gasteiger partial charge in [-0.2, -0.15) is 0 Å². The Morgan fingerprint density at radius 3 is 0.812 bits per heavy atom. The standard InChI is InChI=1S/C26H12Cl6/c27-13-1-5-17-18-6-2-14(28)10-22(18)25(31,21(17)9-13)26(32)23-11-15(29)3-7-19(23)20-8-4-16(30)12-24(20)26/h1-12H. The summed E-state index contributed by atoms with van der Waals surface area (Å²) < 4.78 is 0. The first kappa shape index (κ1) is 21.2. The molecule has 158 valence electrons. The van der Waals surface area contributed by atoms with E-state index in [1.807, 2.05) is 72.8 Å². The minimum Gasteiger partial charge on any atom is -0.106 e.